The molecule has 0 saturated heterocycles. The van der Waals surface area contributed by atoms with Crippen LogP contribution in [0.3, 0.4) is 0 Å². The molecule has 40 heavy (non-hydrogen) atoms. The zero-order valence-electron chi connectivity index (χ0n) is 23.2. The number of ketones is 1. The second-order valence-electron chi connectivity index (χ2n) is 9.84. The lowest BCUT2D eigenvalue weighted by Gasteiger charge is -2.25. The van der Waals surface area contributed by atoms with E-state index in [1.54, 1.807) is 20.8 Å². The third-order valence-corrected chi connectivity index (χ3v) is 6.36. The first-order chi connectivity index (χ1) is 19.1. The molecular weight excluding hydrogens is 512 g/mol. The predicted octanol–water partition coefficient (Wildman–Crippen LogP) is 3.47. The van der Waals surface area contributed by atoms with Gasteiger partial charge in [0.2, 0.25) is 6.10 Å². The van der Waals surface area contributed by atoms with Gasteiger partial charge in [0.25, 0.3) is 5.91 Å². The van der Waals surface area contributed by atoms with Crippen LogP contribution in [0.1, 0.15) is 60.7 Å². The van der Waals surface area contributed by atoms with Crippen LogP contribution >= 0.6 is 0 Å². The maximum atomic E-state index is 13.1. The second kappa shape index (κ2) is 14.2. The number of esters is 2. The van der Waals surface area contributed by atoms with Gasteiger partial charge in [0.05, 0.1) is 6.61 Å². The van der Waals surface area contributed by atoms with Crippen LogP contribution in [0.4, 0.5) is 0 Å². The number of nitrogens with zero attached hydrogens (tertiary/aromatic N) is 1. The molecule has 1 aromatic heterocycles. The highest BCUT2D eigenvalue weighted by Crippen LogP contribution is 2.21. The molecule has 3 atom stereocenters. The summed E-state index contributed by atoms with van der Waals surface area (Å²) in [5, 5.41) is 9.31. The van der Waals surface area contributed by atoms with Crippen LogP contribution < -0.4 is 11.1 Å². The molecule has 0 saturated carbocycles. The minimum atomic E-state index is -1.29. The number of carbonyl (C=O) groups is 4. The number of hydrogen-bond acceptors (Lipinski definition) is 8. The molecule has 3 aromatic rings. The molecular formula is C30H36N4O6. The smallest absolute Gasteiger partial charge is 0.347 e. The Labute approximate surface area is 233 Å². The van der Waals surface area contributed by atoms with Gasteiger partial charge < -0.3 is 20.5 Å². The average Bonchev–Trinajstić information content (AvgIpc) is 3.44. The summed E-state index contributed by atoms with van der Waals surface area (Å²) in [7, 11) is 0. The lowest BCUT2D eigenvalue weighted by atomic mass is 9.97. The van der Waals surface area contributed by atoms with Crippen LogP contribution in [0.25, 0.3) is 11.1 Å². The molecule has 10 nitrogen and oxygen atoms in total. The summed E-state index contributed by atoms with van der Waals surface area (Å²) in [5.41, 5.74) is 9.13. The van der Waals surface area contributed by atoms with E-state index in [1.807, 2.05) is 54.6 Å². The lowest BCUT2D eigenvalue weighted by molar-refractivity contribution is -0.169. The Kier molecular flexibility index (Phi) is 10.7. The van der Waals surface area contributed by atoms with Crippen LogP contribution in [0.5, 0.6) is 0 Å². The Hall–Kier alpha value is -4.31. The zero-order valence-corrected chi connectivity index (χ0v) is 23.2. The van der Waals surface area contributed by atoms with Crippen molar-refractivity contribution in [2.75, 3.05) is 6.61 Å². The standard InChI is InChI=1S/C30H36N4O6/c1-5-39-29(37)26(40-30(38)27(31)18(2)3)16-23(32-28(36)25-17-24(19(4)35)33-34-25)15-20-11-13-22(14-12-20)21-9-7-6-8-10-21/h6-14,17-18,23,26-27H,5,15-16,31H2,1-4H3,(H,32,36)(H,33,34)/t23-,26?,27+/m1/s1. The van der Waals surface area contributed by atoms with Gasteiger partial charge in [0.15, 0.2) is 5.78 Å². The number of aromatic nitrogens is 2. The topological polar surface area (TPSA) is 153 Å². The number of aromatic amines is 1. The van der Waals surface area contributed by atoms with Gasteiger partial charge in [-0.3, -0.25) is 19.5 Å². The van der Waals surface area contributed by atoms with Crippen LogP contribution in [-0.4, -0.2) is 58.6 Å². The SMILES string of the molecule is CCOC(=O)C(C[C@@H](Cc1ccc(-c2ccccc2)cc1)NC(=O)c1cc(C(C)=O)n[nH]1)OC(=O)[C@@H](N)C(C)C. The van der Waals surface area contributed by atoms with Crippen molar-refractivity contribution in [1.82, 2.24) is 15.5 Å². The minimum absolute atomic E-state index is 0.0603. The molecule has 1 heterocycles. The highest BCUT2D eigenvalue weighted by atomic mass is 16.6. The summed E-state index contributed by atoms with van der Waals surface area (Å²) >= 11 is 0. The van der Waals surface area contributed by atoms with E-state index in [0.717, 1.165) is 16.7 Å². The van der Waals surface area contributed by atoms with Crippen molar-refractivity contribution in [2.45, 2.75) is 58.7 Å². The average molecular weight is 549 g/mol. The number of hydrogen-bond donors (Lipinski definition) is 3. The third-order valence-electron chi connectivity index (χ3n) is 6.36. The summed E-state index contributed by atoms with van der Waals surface area (Å²) in [6.07, 6.45) is -1.03. The normalized spacial score (nSPS) is 13.2. The number of Topliss-reactive ketones (excluding diaryl/α,β-unsaturated/α-hetero) is 1. The Morgan fingerprint density at radius 1 is 0.975 bits per heavy atom. The Balaban J connectivity index is 1.86. The van der Waals surface area contributed by atoms with E-state index in [4.69, 9.17) is 15.2 Å². The molecule has 0 aliphatic heterocycles. The fraction of sp³-hybridized carbons (Fsp3) is 0.367. The van der Waals surface area contributed by atoms with Gasteiger partial charge in [0, 0.05) is 19.4 Å². The van der Waals surface area contributed by atoms with Gasteiger partial charge in [0.1, 0.15) is 17.4 Å². The molecule has 0 fully saturated rings. The van der Waals surface area contributed by atoms with Gasteiger partial charge in [-0.25, -0.2) is 4.79 Å². The Morgan fingerprint density at radius 2 is 1.62 bits per heavy atom. The van der Waals surface area contributed by atoms with E-state index >= 15 is 0 Å². The number of rotatable bonds is 13. The summed E-state index contributed by atoms with van der Waals surface area (Å²) < 4.78 is 10.7. The monoisotopic (exact) mass is 548 g/mol. The fourth-order valence-corrected chi connectivity index (χ4v) is 4.00. The van der Waals surface area contributed by atoms with Crippen LogP contribution in [-0.2, 0) is 25.5 Å². The summed E-state index contributed by atoms with van der Waals surface area (Å²) in [5.74, 6) is -2.49. The molecule has 0 aliphatic rings. The van der Waals surface area contributed by atoms with Gasteiger partial charge in [-0.2, -0.15) is 5.10 Å². The maximum absolute atomic E-state index is 13.1. The Morgan fingerprint density at radius 3 is 2.20 bits per heavy atom. The molecule has 212 valence electrons. The van der Waals surface area contributed by atoms with Crippen molar-refractivity contribution in [3.63, 3.8) is 0 Å². The maximum Gasteiger partial charge on any atom is 0.347 e. The fourth-order valence-electron chi connectivity index (χ4n) is 4.00. The summed E-state index contributed by atoms with van der Waals surface area (Å²) in [4.78, 5) is 50.1. The predicted molar refractivity (Wildman–Crippen MR) is 149 cm³/mol. The van der Waals surface area contributed by atoms with Crippen molar-refractivity contribution in [3.8, 4) is 11.1 Å². The van der Waals surface area contributed by atoms with Gasteiger partial charge in [-0.05, 0) is 42.0 Å². The summed E-state index contributed by atoms with van der Waals surface area (Å²) in [6.45, 7) is 6.62. The van der Waals surface area contributed by atoms with Crippen LogP contribution in [0.2, 0.25) is 0 Å². The van der Waals surface area contributed by atoms with Crippen molar-refractivity contribution >= 4 is 23.6 Å². The van der Waals surface area contributed by atoms with E-state index < -0.39 is 36.0 Å². The number of amides is 1. The van der Waals surface area contributed by atoms with E-state index in [2.05, 4.69) is 15.5 Å². The molecule has 2 aromatic carbocycles. The molecule has 1 unspecified atom stereocenters. The van der Waals surface area contributed by atoms with Crippen molar-refractivity contribution in [2.24, 2.45) is 11.7 Å². The van der Waals surface area contributed by atoms with Gasteiger partial charge >= 0.3 is 11.9 Å². The number of carbonyl (C=O) groups excluding carboxylic acids is 4. The largest absolute Gasteiger partial charge is 0.463 e. The van der Waals surface area contributed by atoms with Crippen molar-refractivity contribution < 1.29 is 28.7 Å². The first-order valence-corrected chi connectivity index (χ1v) is 13.2. The number of ether oxygens (including phenoxy) is 2. The van der Waals surface area contributed by atoms with E-state index in [1.165, 1.54) is 13.0 Å². The Bertz CT molecular complexity index is 1300. The molecule has 0 bridgehead atoms. The number of nitrogens with one attached hydrogen (secondary N) is 2. The van der Waals surface area contributed by atoms with E-state index in [9.17, 15) is 19.2 Å². The molecule has 3 rings (SSSR count). The minimum Gasteiger partial charge on any atom is -0.463 e. The molecule has 0 spiro atoms. The number of benzene rings is 2. The zero-order chi connectivity index (χ0) is 29.2. The van der Waals surface area contributed by atoms with E-state index in [-0.39, 0.29) is 36.1 Å². The number of H-pyrrole nitrogens is 1. The first kappa shape index (κ1) is 30.2. The van der Waals surface area contributed by atoms with E-state index in [0.29, 0.717) is 6.42 Å². The lowest BCUT2D eigenvalue weighted by Crippen LogP contribution is -2.45. The van der Waals surface area contributed by atoms with Crippen molar-refractivity contribution in [1.29, 1.82) is 0 Å². The number of nitrogens with two attached hydrogens (primary N) is 1. The molecule has 1 amide bonds. The third kappa shape index (κ3) is 8.34. The highest BCUT2D eigenvalue weighted by molar-refractivity contribution is 5.97. The second-order valence-corrected chi connectivity index (χ2v) is 9.84. The highest BCUT2D eigenvalue weighted by Gasteiger charge is 2.32. The van der Waals surface area contributed by atoms with Crippen LogP contribution in [0, 0.1) is 5.92 Å². The summed E-state index contributed by atoms with van der Waals surface area (Å²) in [6, 6.07) is 17.5. The molecule has 4 N–H and O–H groups in total. The van der Waals surface area contributed by atoms with Gasteiger partial charge in [-0.15, -0.1) is 0 Å². The van der Waals surface area contributed by atoms with Crippen LogP contribution in [0.15, 0.2) is 60.7 Å². The van der Waals surface area contributed by atoms with Crippen molar-refractivity contribution in [3.05, 3.63) is 77.6 Å². The molecule has 10 heteroatoms. The van der Waals surface area contributed by atoms with Gasteiger partial charge in [-0.1, -0.05) is 68.4 Å². The molecule has 0 radical (unpaired) electrons. The first-order valence-electron chi connectivity index (χ1n) is 13.2. The quantitative estimate of drug-likeness (QED) is 0.217. The molecule has 0 aliphatic carbocycles.